The fourth-order valence-corrected chi connectivity index (χ4v) is 3.39. The van der Waals surface area contributed by atoms with Crippen LogP contribution in [0.3, 0.4) is 0 Å². The van der Waals surface area contributed by atoms with E-state index in [0.717, 1.165) is 18.5 Å². The van der Waals surface area contributed by atoms with Crippen LogP contribution < -0.4 is 5.32 Å². The van der Waals surface area contributed by atoms with Gasteiger partial charge in [0.1, 0.15) is 0 Å². The zero-order valence-electron chi connectivity index (χ0n) is 13.7. The van der Waals surface area contributed by atoms with E-state index in [1.54, 1.807) is 0 Å². The number of piperidine rings is 1. The van der Waals surface area contributed by atoms with Crippen molar-refractivity contribution in [2.45, 2.75) is 38.3 Å². The number of imidazole rings is 1. The molecule has 1 N–H and O–H groups in total. The zero-order valence-corrected chi connectivity index (χ0v) is 13.7. The van der Waals surface area contributed by atoms with Gasteiger partial charge in [0.15, 0.2) is 0 Å². The number of nitrogens with one attached hydrogen (secondary N) is 1. The summed E-state index contributed by atoms with van der Waals surface area (Å²) in [4.78, 5) is 6.69. The maximum Gasteiger partial charge on any atom is 0.0991 e. The SMILES string of the molecule is c1cn(-c2ccc(CN3CCC(NCC4CC4)CC3)cc2)cn1. The fourth-order valence-electron chi connectivity index (χ4n) is 3.39. The first-order chi connectivity index (χ1) is 11.4. The standard InChI is InChI=1S/C19H26N4/c1-2-16(1)13-21-18-7-10-22(11-8-18)14-17-3-5-19(6-4-17)23-12-9-20-15-23/h3-6,9,12,15-16,18,21H,1-2,7-8,10-11,13-14H2. The first-order valence-corrected chi connectivity index (χ1v) is 8.90. The molecule has 1 aliphatic carbocycles. The van der Waals surface area contributed by atoms with Crippen LogP contribution in [0, 0.1) is 5.92 Å². The summed E-state index contributed by atoms with van der Waals surface area (Å²) in [7, 11) is 0. The highest BCUT2D eigenvalue weighted by atomic mass is 15.1. The third kappa shape index (κ3) is 4.01. The highest BCUT2D eigenvalue weighted by Crippen LogP contribution is 2.28. The second-order valence-electron chi connectivity index (χ2n) is 7.04. The Morgan fingerprint density at radius 1 is 1.04 bits per heavy atom. The first-order valence-electron chi connectivity index (χ1n) is 8.90. The van der Waals surface area contributed by atoms with Gasteiger partial charge in [-0.05, 0) is 68.9 Å². The van der Waals surface area contributed by atoms with Crippen molar-refractivity contribution < 1.29 is 0 Å². The average Bonchev–Trinajstić information content (AvgIpc) is 3.26. The number of hydrogen-bond donors (Lipinski definition) is 1. The molecule has 1 saturated heterocycles. The molecule has 0 amide bonds. The van der Waals surface area contributed by atoms with Gasteiger partial charge in [0, 0.05) is 30.7 Å². The molecule has 0 spiro atoms. The van der Waals surface area contributed by atoms with E-state index >= 15 is 0 Å². The summed E-state index contributed by atoms with van der Waals surface area (Å²) in [5, 5.41) is 3.76. The fraction of sp³-hybridized carbons (Fsp3) is 0.526. The lowest BCUT2D eigenvalue weighted by Gasteiger charge is -2.32. The molecule has 1 aliphatic heterocycles. The molecule has 0 bridgehead atoms. The van der Waals surface area contributed by atoms with E-state index in [1.165, 1.54) is 56.6 Å². The lowest BCUT2D eigenvalue weighted by Crippen LogP contribution is -2.42. The van der Waals surface area contributed by atoms with Crippen LogP contribution in [0.15, 0.2) is 43.0 Å². The predicted molar refractivity (Wildman–Crippen MR) is 92.6 cm³/mol. The van der Waals surface area contributed by atoms with Gasteiger partial charge in [0.25, 0.3) is 0 Å². The molecule has 4 rings (SSSR count). The van der Waals surface area contributed by atoms with Crippen LogP contribution in [0.4, 0.5) is 0 Å². The lowest BCUT2D eigenvalue weighted by molar-refractivity contribution is 0.190. The summed E-state index contributed by atoms with van der Waals surface area (Å²) >= 11 is 0. The first kappa shape index (κ1) is 14.9. The normalized spacial score (nSPS) is 20.0. The van der Waals surface area contributed by atoms with Gasteiger partial charge >= 0.3 is 0 Å². The third-order valence-corrected chi connectivity index (χ3v) is 5.12. The van der Waals surface area contributed by atoms with Crippen molar-refractivity contribution in [1.29, 1.82) is 0 Å². The number of nitrogens with zero attached hydrogens (tertiary/aromatic N) is 3. The van der Waals surface area contributed by atoms with Crippen LogP contribution in [-0.4, -0.2) is 40.1 Å². The summed E-state index contributed by atoms with van der Waals surface area (Å²) in [6.07, 6.45) is 11.1. The topological polar surface area (TPSA) is 33.1 Å². The number of benzene rings is 1. The Morgan fingerprint density at radius 3 is 2.48 bits per heavy atom. The molecule has 122 valence electrons. The summed E-state index contributed by atoms with van der Waals surface area (Å²) < 4.78 is 2.04. The third-order valence-electron chi connectivity index (χ3n) is 5.12. The van der Waals surface area contributed by atoms with E-state index in [1.807, 2.05) is 23.3 Å². The maximum atomic E-state index is 4.10. The van der Waals surface area contributed by atoms with Crippen molar-refractivity contribution in [3.8, 4) is 5.69 Å². The molecule has 2 fully saturated rings. The van der Waals surface area contributed by atoms with Crippen LogP contribution in [0.1, 0.15) is 31.2 Å². The molecule has 0 atom stereocenters. The number of aromatic nitrogens is 2. The van der Waals surface area contributed by atoms with Gasteiger partial charge in [-0.3, -0.25) is 4.90 Å². The molecule has 4 heteroatoms. The molecule has 23 heavy (non-hydrogen) atoms. The maximum absolute atomic E-state index is 4.10. The number of hydrogen-bond acceptors (Lipinski definition) is 3. The molecule has 4 nitrogen and oxygen atoms in total. The van der Waals surface area contributed by atoms with E-state index in [4.69, 9.17) is 0 Å². The molecule has 1 aromatic heterocycles. The van der Waals surface area contributed by atoms with Gasteiger partial charge in [0.2, 0.25) is 0 Å². The molecule has 0 unspecified atom stereocenters. The predicted octanol–water partition coefficient (Wildman–Crippen LogP) is 2.84. The van der Waals surface area contributed by atoms with Crippen LogP contribution in [0.5, 0.6) is 0 Å². The van der Waals surface area contributed by atoms with Gasteiger partial charge in [-0.1, -0.05) is 12.1 Å². The summed E-state index contributed by atoms with van der Waals surface area (Å²) in [5.41, 5.74) is 2.58. The second kappa shape index (κ2) is 6.85. The van der Waals surface area contributed by atoms with Crippen molar-refractivity contribution in [1.82, 2.24) is 19.8 Å². The molecular weight excluding hydrogens is 284 g/mol. The van der Waals surface area contributed by atoms with Crippen molar-refractivity contribution >= 4 is 0 Å². The van der Waals surface area contributed by atoms with Crippen molar-refractivity contribution in [2.24, 2.45) is 5.92 Å². The van der Waals surface area contributed by atoms with Crippen molar-refractivity contribution in [3.05, 3.63) is 48.5 Å². The average molecular weight is 310 g/mol. The quantitative estimate of drug-likeness (QED) is 0.890. The van der Waals surface area contributed by atoms with Gasteiger partial charge in [-0.15, -0.1) is 0 Å². The Bertz CT molecular complexity index is 593. The summed E-state index contributed by atoms with van der Waals surface area (Å²) in [6, 6.07) is 9.59. The van der Waals surface area contributed by atoms with Crippen LogP contribution >= 0.6 is 0 Å². The summed E-state index contributed by atoms with van der Waals surface area (Å²) in [5.74, 6) is 0.988. The second-order valence-corrected chi connectivity index (χ2v) is 7.04. The van der Waals surface area contributed by atoms with Crippen LogP contribution in [0.2, 0.25) is 0 Å². The molecule has 2 aromatic rings. The Kier molecular flexibility index (Phi) is 4.44. The molecule has 1 aromatic carbocycles. The van der Waals surface area contributed by atoms with Gasteiger partial charge in [-0.2, -0.15) is 0 Å². The van der Waals surface area contributed by atoms with Crippen LogP contribution in [0.25, 0.3) is 5.69 Å². The Morgan fingerprint density at radius 2 is 1.83 bits per heavy atom. The smallest absolute Gasteiger partial charge is 0.0991 e. The Balaban J connectivity index is 1.25. The minimum Gasteiger partial charge on any atom is -0.314 e. The highest BCUT2D eigenvalue weighted by molar-refractivity contribution is 5.34. The molecule has 0 radical (unpaired) electrons. The van der Waals surface area contributed by atoms with E-state index in [0.29, 0.717) is 0 Å². The van der Waals surface area contributed by atoms with Gasteiger partial charge in [-0.25, -0.2) is 4.98 Å². The van der Waals surface area contributed by atoms with Gasteiger partial charge < -0.3 is 9.88 Å². The minimum atomic E-state index is 0.746. The Labute approximate surface area is 138 Å². The number of rotatable bonds is 6. The minimum absolute atomic E-state index is 0.746. The monoisotopic (exact) mass is 310 g/mol. The zero-order chi connectivity index (χ0) is 15.5. The van der Waals surface area contributed by atoms with Crippen LogP contribution in [-0.2, 0) is 6.54 Å². The van der Waals surface area contributed by atoms with Gasteiger partial charge in [0.05, 0.1) is 6.33 Å². The van der Waals surface area contributed by atoms with E-state index in [2.05, 4.69) is 39.5 Å². The molecule has 2 heterocycles. The molecule has 2 aliphatic rings. The lowest BCUT2D eigenvalue weighted by atomic mass is 10.0. The largest absolute Gasteiger partial charge is 0.314 e. The van der Waals surface area contributed by atoms with E-state index in [9.17, 15) is 0 Å². The number of likely N-dealkylation sites (tertiary alicyclic amines) is 1. The molecular formula is C19H26N4. The molecule has 1 saturated carbocycles. The van der Waals surface area contributed by atoms with E-state index < -0.39 is 0 Å². The van der Waals surface area contributed by atoms with Crippen molar-refractivity contribution in [2.75, 3.05) is 19.6 Å². The van der Waals surface area contributed by atoms with E-state index in [-0.39, 0.29) is 0 Å². The van der Waals surface area contributed by atoms with Crippen molar-refractivity contribution in [3.63, 3.8) is 0 Å². The summed E-state index contributed by atoms with van der Waals surface area (Å²) in [6.45, 7) is 4.75. The Hall–Kier alpha value is -1.65. The highest BCUT2D eigenvalue weighted by Gasteiger charge is 2.24.